The van der Waals surface area contributed by atoms with E-state index in [1.165, 1.54) is 0 Å². The summed E-state index contributed by atoms with van der Waals surface area (Å²) in [5, 5.41) is 5.97. The number of aryl methyl sites for hydroxylation is 2. The van der Waals surface area contributed by atoms with Gasteiger partial charge in [-0.25, -0.2) is 0 Å². The van der Waals surface area contributed by atoms with Gasteiger partial charge in [0, 0.05) is 33.1 Å². The molecule has 162 valence electrons. The molecule has 1 aliphatic heterocycles. The number of ether oxygens (including phenoxy) is 1. The van der Waals surface area contributed by atoms with Gasteiger partial charge in [-0.15, -0.1) is 0 Å². The van der Waals surface area contributed by atoms with Crippen LogP contribution in [0.4, 0.5) is 0 Å². The number of nitrogens with zero attached hydrogens (tertiary/aromatic N) is 3. The van der Waals surface area contributed by atoms with Crippen molar-refractivity contribution in [3.05, 3.63) is 59.0 Å². The first-order valence-electron chi connectivity index (χ1n) is 10.6. The van der Waals surface area contributed by atoms with Crippen LogP contribution in [0.15, 0.2) is 40.9 Å². The first-order chi connectivity index (χ1) is 14.9. The fourth-order valence-corrected chi connectivity index (χ4v) is 3.97. The summed E-state index contributed by atoms with van der Waals surface area (Å²) >= 11 is 0. The van der Waals surface area contributed by atoms with Gasteiger partial charge in [0.05, 0.1) is 16.8 Å². The van der Waals surface area contributed by atoms with Crippen LogP contribution < -0.4 is 4.74 Å². The van der Waals surface area contributed by atoms with Crippen LogP contribution in [0, 0.1) is 13.8 Å². The molecule has 0 unspecified atom stereocenters. The zero-order valence-electron chi connectivity index (χ0n) is 18.2. The number of hydrogen-bond acceptors (Lipinski definition) is 5. The second kappa shape index (κ2) is 8.79. The predicted octanol–water partition coefficient (Wildman–Crippen LogP) is 3.72. The molecular formula is C24H27N3O4. The molecular weight excluding hydrogens is 394 g/mol. The average Bonchev–Trinajstić information content (AvgIpc) is 2.95. The minimum atomic E-state index is -0.0788. The Bertz CT molecular complexity index is 1100. The van der Waals surface area contributed by atoms with Gasteiger partial charge in [0.25, 0.3) is 5.91 Å². The molecule has 0 atom stereocenters. The maximum atomic E-state index is 13.5. The van der Waals surface area contributed by atoms with E-state index in [1.807, 2.05) is 55.1 Å². The highest BCUT2D eigenvalue weighted by Gasteiger charge is 2.24. The molecule has 7 nitrogen and oxygen atoms in total. The predicted molar refractivity (Wildman–Crippen MR) is 117 cm³/mol. The van der Waals surface area contributed by atoms with Crippen LogP contribution in [0.3, 0.4) is 0 Å². The fourth-order valence-electron chi connectivity index (χ4n) is 3.97. The number of rotatable bonds is 4. The van der Waals surface area contributed by atoms with Crippen LogP contribution in [0.1, 0.15) is 40.7 Å². The van der Waals surface area contributed by atoms with Gasteiger partial charge < -0.3 is 19.1 Å². The van der Waals surface area contributed by atoms with Gasteiger partial charge in [0.15, 0.2) is 0 Å². The van der Waals surface area contributed by atoms with E-state index in [9.17, 15) is 9.59 Å². The Labute approximate surface area is 181 Å². The van der Waals surface area contributed by atoms with Crippen LogP contribution in [0.2, 0.25) is 0 Å². The first-order valence-corrected chi connectivity index (χ1v) is 10.6. The summed E-state index contributed by atoms with van der Waals surface area (Å²) in [6.07, 6.45) is 0.758. The third kappa shape index (κ3) is 4.40. The number of aromatic nitrogens is 1. The lowest BCUT2D eigenvalue weighted by molar-refractivity contribution is -0.128. The summed E-state index contributed by atoms with van der Waals surface area (Å²) in [4.78, 5) is 28.9. The summed E-state index contributed by atoms with van der Waals surface area (Å²) in [5.41, 5.74) is 2.20. The van der Waals surface area contributed by atoms with Gasteiger partial charge in [0.1, 0.15) is 18.1 Å². The summed E-state index contributed by atoms with van der Waals surface area (Å²) in [6.45, 7) is 7.91. The normalized spacial score (nSPS) is 14.5. The molecule has 0 radical (unpaired) electrons. The van der Waals surface area contributed by atoms with Crippen LogP contribution in [0.5, 0.6) is 5.75 Å². The van der Waals surface area contributed by atoms with Gasteiger partial charge in [-0.05, 0) is 43.2 Å². The average molecular weight is 421 g/mol. The quantitative estimate of drug-likeness (QED) is 0.642. The highest BCUT2D eigenvalue weighted by atomic mass is 16.5. The molecule has 7 heteroatoms. The molecule has 0 spiro atoms. The highest BCUT2D eigenvalue weighted by molar-refractivity contribution is 6.01. The van der Waals surface area contributed by atoms with E-state index in [0.29, 0.717) is 43.3 Å². The molecule has 1 saturated heterocycles. The maximum Gasteiger partial charge on any atom is 0.257 e. The first kappa shape index (κ1) is 20.9. The molecule has 0 N–H and O–H groups in total. The minimum absolute atomic E-state index is 0.0449. The van der Waals surface area contributed by atoms with E-state index in [1.54, 1.807) is 11.8 Å². The molecule has 1 aliphatic rings. The SMILES string of the molecule is CC(=O)N1CCCN(C(=O)c2cc3ccccc3cc2OCc2c(C)noc2C)CC1. The van der Waals surface area contributed by atoms with Crippen molar-refractivity contribution in [3.8, 4) is 5.75 Å². The van der Waals surface area contributed by atoms with Crippen molar-refractivity contribution >= 4 is 22.6 Å². The zero-order chi connectivity index (χ0) is 22.0. The van der Waals surface area contributed by atoms with E-state index in [-0.39, 0.29) is 18.4 Å². The van der Waals surface area contributed by atoms with E-state index in [2.05, 4.69) is 5.16 Å². The number of fused-ring (bicyclic) bond motifs is 1. The van der Waals surface area contributed by atoms with Crippen LogP contribution >= 0.6 is 0 Å². The molecule has 0 aliphatic carbocycles. The Morgan fingerprint density at radius 2 is 1.71 bits per heavy atom. The van der Waals surface area contributed by atoms with Crippen molar-refractivity contribution < 1.29 is 18.8 Å². The number of carbonyl (C=O) groups excluding carboxylic acids is 2. The lowest BCUT2D eigenvalue weighted by Gasteiger charge is -2.23. The number of carbonyl (C=O) groups is 2. The Balaban J connectivity index is 1.64. The van der Waals surface area contributed by atoms with Crippen molar-refractivity contribution in [2.45, 2.75) is 33.8 Å². The lowest BCUT2D eigenvalue weighted by Crippen LogP contribution is -2.36. The molecule has 0 bridgehead atoms. The van der Waals surface area contributed by atoms with Crippen LogP contribution in [0.25, 0.3) is 10.8 Å². The summed E-state index contributed by atoms with van der Waals surface area (Å²) in [6, 6.07) is 11.7. The van der Waals surface area contributed by atoms with Crippen molar-refractivity contribution in [2.24, 2.45) is 0 Å². The van der Waals surface area contributed by atoms with E-state index in [0.717, 1.165) is 28.5 Å². The molecule has 2 heterocycles. The van der Waals surface area contributed by atoms with Crippen molar-refractivity contribution in [3.63, 3.8) is 0 Å². The topological polar surface area (TPSA) is 75.9 Å². The molecule has 1 fully saturated rings. The lowest BCUT2D eigenvalue weighted by atomic mass is 10.0. The standard InChI is InChI=1S/C24H27N3O4/c1-16-22(17(2)31-25-16)15-30-23-14-20-8-5-4-7-19(20)13-21(23)24(29)27-10-6-9-26(11-12-27)18(3)28/h4-5,7-8,13-14H,6,9-12,15H2,1-3H3. The number of hydrogen-bond donors (Lipinski definition) is 0. The van der Waals surface area contributed by atoms with Gasteiger partial charge in [-0.3, -0.25) is 9.59 Å². The summed E-state index contributed by atoms with van der Waals surface area (Å²) in [7, 11) is 0. The molecule has 2 amide bonds. The van der Waals surface area contributed by atoms with E-state index < -0.39 is 0 Å². The smallest absolute Gasteiger partial charge is 0.257 e. The Morgan fingerprint density at radius 1 is 1.03 bits per heavy atom. The molecule has 31 heavy (non-hydrogen) atoms. The van der Waals surface area contributed by atoms with Crippen LogP contribution in [-0.2, 0) is 11.4 Å². The highest BCUT2D eigenvalue weighted by Crippen LogP contribution is 2.29. The zero-order valence-corrected chi connectivity index (χ0v) is 18.2. The monoisotopic (exact) mass is 421 g/mol. The Hall–Kier alpha value is -3.35. The van der Waals surface area contributed by atoms with Crippen molar-refractivity contribution in [1.29, 1.82) is 0 Å². The fraction of sp³-hybridized carbons (Fsp3) is 0.375. The molecule has 3 aromatic rings. The van der Waals surface area contributed by atoms with E-state index in [4.69, 9.17) is 9.26 Å². The van der Waals surface area contributed by atoms with Crippen molar-refractivity contribution in [1.82, 2.24) is 15.0 Å². The molecule has 1 aromatic heterocycles. The third-order valence-electron chi connectivity index (χ3n) is 5.86. The van der Waals surface area contributed by atoms with Crippen LogP contribution in [-0.4, -0.2) is 52.9 Å². The molecule has 2 aromatic carbocycles. The largest absolute Gasteiger partial charge is 0.488 e. The second-order valence-electron chi connectivity index (χ2n) is 7.94. The second-order valence-corrected chi connectivity index (χ2v) is 7.94. The van der Waals surface area contributed by atoms with Gasteiger partial charge in [0.2, 0.25) is 5.91 Å². The Kier molecular flexibility index (Phi) is 5.93. The van der Waals surface area contributed by atoms with Gasteiger partial charge >= 0.3 is 0 Å². The van der Waals surface area contributed by atoms with Crippen molar-refractivity contribution in [2.75, 3.05) is 26.2 Å². The maximum absolute atomic E-state index is 13.5. The van der Waals surface area contributed by atoms with Gasteiger partial charge in [-0.2, -0.15) is 0 Å². The van der Waals surface area contributed by atoms with Gasteiger partial charge in [-0.1, -0.05) is 29.4 Å². The number of amides is 2. The van der Waals surface area contributed by atoms with E-state index >= 15 is 0 Å². The third-order valence-corrected chi connectivity index (χ3v) is 5.86. The summed E-state index contributed by atoms with van der Waals surface area (Å²) in [5.74, 6) is 1.22. The summed E-state index contributed by atoms with van der Waals surface area (Å²) < 4.78 is 11.4. The Morgan fingerprint density at radius 3 is 2.39 bits per heavy atom. The number of benzene rings is 2. The molecule has 0 saturated carbocycles. The molecule has 4 rings (SSSR count). The minimum Gasteiger partial charge on any atom is -0.488 e.